The summed E-state index contributed by atoms with van der Waals surface area (Å²) >= 11 is 0. The molecule has 4 heteroatoms. The van der Waals surface area contributed by atoms with Gasteiger partial charge in [-0.15, -0.1) is 0 Å². The molecule has 0 amide bonds. The number of carbonyl (C=O) groups excluding carboxylic acids is 1. The van der Waals surface area contributed by atoms with Gasteiger partial charge in [-0.25, -0.2) is 9.97 Å². The van der Waals surface area contributed by atoms with Gasteiger partial charge in [0, 0.05) is 12.0 Å². The van der Waals surface area contributed by atoms with Crippen molar-refractivity contribution in [3.8, 4) is 17.1 Å². The average Bonchev–Trinajstić information content (AvgIpc) is 2.71. The zero-order valence-corrected chi connectivity index (χ0v) is 9.97. The number of Topliss-reactive ketones (excluding diaryl/α,β-unsaturated/α-hetero) is 1. The highest BCUT2D eigenvalue weighted by atomic mass is 16.3. The molecule has 0 spiro atoms. The van der Waals surface area contributed by atoms with Gasteiger partial charge in [0.1, 0.15) is 5.75 Å². The van der Waals surface area contributed by atoms with Crippen molar-refractivity contribution in [1.29, 1.82) is 0 Å². The fraction of sp³-hybridized carbons (Fsp3) is 0.214. The van der Waals surface area contributed by atoms with E-state index in [1.54, 1.807) is 18.2 Å². The second-order valence-electron chi connectivity index (χ2n) is 4.43. The molecule has 1 aromatic heterocycles. The number of benzene rings is 1. The zero-order valence-electron chi connectivity index (χ0n) is 9.97. The third-order valence-corrected chi connectivity index (χ3v) is 3.14. The molecule has 0 fully saturated rings. The summed E-state index contributed by atoms with van der Waals surface area (Å²) in [6.07, 6.45) is 1.21. The van der Waals surface area contributed by atoms with Crippen LogP contribution in [0.3, 0.4) is 0 Å². The van der Waals surface area contributed by atoms with Crippen molar-refractivity contribution in [3.05, 3.63) is 41.2 Å². The molecule has 90 valence electrons. The van der Waals surface area contributed by atoms with Gasteiger partial charge in [-0.2, -0.15) is 0 Å². The first-order valence-corrected chi connectivity index (χ1v) is 5.85. The van der Waals surface area contributed by atoms with E-state index in [1.165, 1.54) is 0 Å². The average molecular weight is 240 g/mol. The molecule has 4 nitrogen and oxygen atoms in total. The molecule has 0 saturated carbocycles. The highest BCUT2D eigenvalue weighted by Gasteiger charge is 2.24. The molecule has 0 bridgehead atoms. The number of aromatic nitrogens is 2. The maximum Gasteiger partial charge on any atom is 0.166 e. The molecule has 18 heavy (non-hydrogen) atoms. The standard InChI is InChI=1S/C14H12N2O2/c1-8-13-11(5-6-12(13)18)16-14(15-8)9-3-2-4-10(17)7-9/h2-4,7,17H,5-6H2,1H3. The van der Waals surface area contributed by atoms with E-state index in [4.69, 9.17) is 0 Å². The number of fused-ring (bicyclic) bond motifs is 1. The van der Waals surface area contributed by atoms with E-state index >= 15 is 0 Å². The Morgan fingerprint density at radius 2 is 2.06 bits per heavy atom. The number of phenolic OH excluding ortho intramolecular Hbond substituents is 1. The maximum absolute atomic E-state index is 11.7. The Bertz CT molecular complexity index is 650. The number of carbonyl (C=O) groups is 1. The lowest BCUT2D eigenvalue weighted by Crippen LogP contribution is -2.02. The lowest BCUT2D eigenvalue weighted by atomic mass is 10.1. The van der Waals surface area contributed by atoms with Gasteiger partial charge in [-0.3, -0.25) is 4.79 Å². The van der Waals surface area contributed by atoms with Gasteiger partial charge < -0.3 is 5.11 Å². The first-order valence-electron chi connectivity index (χ1n) is 5.85. The second kappa shape index (κ2) is 3.91. The summed E-state index contributed by atoms with van der Waals surface area (Å²) in [6.45, 7) is 1.83. The van der Waals surface area contributed by atoms with Gasteiger partial charge in [0.05, 0.1) is 17.0 Å². The topological polar surface area (TPSA) is 63.1 Å². The number of phenols is 1. The first kappa shape index (κ1) is 10.9. The summed E-state index contributed by atoms with van der Waals surface area (Å²) in [5.74, 6) is 0.882. The van der Waals surface area contributed by atoms with Crippen LogP contribution in [-0.4, -0.2) is 20.9 Å². The summed E-state index contributed by atoms with van der Waals surface area (Å²) in [5.41, 5.74) is 2.99. The minimum Gasteiger partial charge on any atom is -0.508 e. The van der Waals surface area contributed by atoms with Gasteiger partial charge >= 0.3 is 0 Å². The smallest absolute Gasteiger partial charge is 0.166 e. The number of rotatable bonds is 1. The second-order valence-corrected chi connectivity index (χ2v) is 4.43. The van der Waals surface area contributed by atoms with Gasteiger partial charge in [0.2, 0.25) is 0 Å². The Morgan fingerprint density at radius 1 is 1.22 bits per heavy atom. The zero-order chi connectivity index (χ0) is 12.7. The number of nitrogens with zero attached hydrogens (tertiary/aromatic N) is 2. The van der Waals surface area contributed by atoms with E-state index in [-0.39, 0.29) is 11.5 Å². The minimum absolute atomic E-state index is 0.130. The Labute approximate surface area is 104 Å². The molecule has 1 N–H and O–H groups in total. The molecule has 0 saturated heterocycles. The Kier molecular flexibility index (Phi) is 2.37. The predicted molar refractivity (Wildman–Crippen MR) is 66.5 cm³/mol. The van der Waals surface area contributed by atoms with Gasteiger partial charge in [-0.1, -0.05) is 12.1 Å². The van der Waals surface area contributed by atoms with Crippen molar-refractivity contribution >= 4 is 5.78 Å². The summed E-state index contributed by atoms with van der Waals surface area (Å²) in [4.78, 5) is 20.5. The van der Waals surface area contributed by atoms with Crippen LogP contribution in [0.2, 0.25) is 0 Å². The van der Waals surface area contributed by atoms with E-state index in [1.807, 2.05) is 13.0 Å². The molecule has 0 unspecified atom stereocenters. The molecule has 0 aliphatic heterocycles. The van der Waals surface area contributed by atoms with E-state index in [0.717, 1.165) is 17.0 Å². The highest BCUT2D eigenvalue weighted by Crippen LogP contribution is 2.26. The van der Waals surface area contributed by atoms with Crippen LogP contribution in [0.25, 0.3) is 11.4 Å². The number of aromatic hydroxyl groups is 1. The largest absolute Gasteiger partial charge is 0.508 e. The Morgan fingerprint density at radius 3 is 2.83 bits per heavy atom. The van der Waals surface area contributed by atoms with Gasteiger partial charge in [0.25, 0.3) is 0 Å². The van der Waals surface area contributed by atoms with Crippen LogP contribution in [0.15, 0.2) is 24.3 Å². The molecule has 0 radical (unpaired) electrons. The summed E-state index contributed by atoms with van der Waals surface area (Å²) in [6, 6.07) is 6.82. The summed E-state index contributed by atoms with van der Waals surface area (Å²) in [5, 5.41) is 9.47. The van der Waals surface area contributed by atoms with Crippen molar-refractivity contribution < 1.29 is 9.90 Å². The number of aryl methyl sites for hydroxylation is 2. The third-order valence-electron chi connectivity index (χ3n) is 3.14. The lowest BCUT2D eigenvalue weighted by Gasteiger charge is -2.06. The van der Waals surface area contributed by atoms with E-state index in [0.29, 0.717) is 24.2 Å². The monoisotopic (exact) mass is 240 g/mol. The summed E-state index contributed by atoms with van der Waals surface area (Å²) in [7, 11) is 0. The van der Waals surface area contributed by atoms with Crippen molar-refractivity contribution in [2.24, 2.45) is 0 Å². The van der Waals surface area contributed by atoms with E-state index < -0.39 is 0 Å². The van der Waals surface area contributed by atoms with Gasteiger partial charge in [-0.05, 0) is 25.5 Å². The molecular weight excluding hydrogens is 228 g/mol. The number of hydrogen-bond acceptors (Lipinski definition) is 4. The van der Waals surface area contributed by atoms with Gasteiger partial charge in [0.15, 0.2) is 11.6 Å². The van der Waals surface area contributed by atoms with E-state index in [9.17, 15) is 9.90 Å². The molecule has 2 aromatic rings. The van der Waals surface area contributed by atoms with Crippen LogP contribution in [-0.2, 0) is 6.42 Å². The van der Waals surface area contributed by atoms with Crippen molar-refractivity contribution in [1.82, 2.24) is 9.97 Å². The Balaban J connectivity index is 2.16. The maximum atomic E-state index is 11.7. The van der Waals surface area contributed by atoms with Crippen LogP contribution in [0.1, 0.15) is 28.2 Å². The van der Waals surface area contributed by atoms with Crippen LogP contribution in [0, 0.1) is 6.92 Å². The predicted octanol–water partition coefficient (Wildman–Crippen LogP) is 2.29. The summed E-state index contributed by atoms with van der Waals surface area (Å²) < 4.78 is 0. The quantitative estimate of drug-likeness (QED) is 0.830. The third kappa shape index (κ3) is 1.66. The van der Waals surface area contributed by atoms with E-state index in [2.05, 4.69) is 9.97 Å². The first-order chi connectivity index (χ1) is 8.65. The highest BCUT2D eigenvalue weighted by molar-refractivity contribution is 6.00. The lowest BCUT2D eigenvalue weighted by molar-refractivity contribution is 0.0993. The Hall–Kier alpha value is -2.23. The van der Waals surface area contributed by atoms with Crippen molar-refractivity contribution in [2.75, 3.05) is 0 Å². The number of hydrogen-bond donors (Lipinski definition) is 1. The van der Waals surface area contributed by atoms with Crippen LogP contribution < -0.4 is 0 Å². The number of ketones is 1. The molecule has 1 aliphatic rings. The molecule has 3 rings (SSSR count). The molecule has 0 atom stereocenters. The molecule has 1 heterocycles. The molecule has 1 aliphatic carbocycles. The fourth-order valence-electron chi connectivity index (χ4n) is 2.31. The van der Waals surface area contributed by atoms with Crippen LogP contribution in [0.5, 0.6) is 5.75 Å². The van der Waals surface area contributed by atoms with Crippen molar-refractivity contribution in [3.63, 3.8) is 0 Å². The normalized spacial score (nSPS) is 13.7. The van der Waals surface area contributed by atoms with Crippen LogP contribution in [0.4, 0.5) is 0 Å². The molecule has 1 aromatic carbocycles. The minimum atomic E-state index is 0.130. The van der Waals surface area contributed by atoms with Crippen LogP contribution >= 0.6 is 0 Å². The van der Waals surface area contributed by atoms with Crippen molar-refractivity contribution in [2.45, 2.75) is 19.8 Å². The SMILES string of the molecule is Cc1nc(-c2cccc(O)c2)nc2c1C(=O)CC2. The molecular formula is C14H12N2O2. The fourth-order valence-corrected chi connectivity index (χ4v) is 2.31.